The van der Waals surface area contributed by atoms with E-state index in [4.69, 9.17) is 11.6 Å². The third-order valence-corrected chi connectivity index (χ3v) is 7.42. The minimum Gasteiger partial charge on any atom is -0.352 e. The van der Waals surface area contributed by atoms with Gasteiger partial charge in [0.15, 0.2) is 0 Å². The fourth-order valence-corrected chi connectivity index (χ4v) is 5.35. The fraction of sp³-hybridized carbons (Fsp3) is 0.579. The van der Waals surface area contributed by atoms with Crippen LogP contribution in [0.3, 0.4) is 0 Å². The second-order valence-electron chi connectivity index (χ2n) is 7.20. The number of benzene rings is 1. The van der Waals surface area contributed by atoms with Crippen LogP contribution in [0.2, 0.25) is 5.02 Å². The molecule has 154 valence electrons. The molecule has 28 heavy (non-hydrogen) atoms. The highest BCUT2D eigenvalue weighted by Crippen LogP contribution is 2.25. The van der Waals surface area contributed by atoms with Crippen LogP contribution >= 0.6 is 11.6 Å². The van der Waals surface area contributed by atoms with E-state index < -0.39 is 15.9 Å². The van der Waals surface area contributed by atoms with E-state index in [-0.39, 0.29) is 21.4 Å². The highest BCUT2D eigenvalue weighted by Gasteiger charge is 2.27. The summed E-state index contributed by atoms with van der Waals surface area (Å²) < 4.78 is 27.1. The number of hydrogen-bond acceptors (Lipinski definition) is 4. The van der Waals surface area contributed by atoms with E-state index in [9.17, 15) is 18.0 Å². The van der Waals surface area contributed by atoms with Crippen LogP contribution in [0, 0.1) is 0 Å². The number of hydrogen-bond donors (Lipinski definition) is 1. The van der Waals surface area contributed by atoms with Crippen molar-refractivity contribution in [1.29, 1.82) is 0 Å². The number of rotatable bonds is 7. The van der Waals surface area contributed by atoms with E-state index in [0.29, 0.717) is 39.0 Å². The first-order valence-corrected chi connectivity index (χ1v) is 11.6. The number of nitrogens with one attached hydrogen (secondary N) is 1. The van der Waals surface area contributed by atoms with Gasteiger partial charge in [0.05, 0.1) is 15.5 Å². The van der Waals surface area contributed by atoms with Gasteiger partial charge in [-0.15, -0.1) is 0 Å². The minimum absolute atomic E-state index is 0.0895. The van der Waals surface area contributed by atoms with Gasteiger partial charge >= 0.3 is 0 Å². The Morgan fingerprint density at radius 3 is 2.54 bits per heavy atom. The molecule has 0 atom stereocenters. The lowest BCUT2D eigenvalue weighted by Crippen LogP contribution is -2.35. The van der Waals surface area contributed by atoms with Crippen LogP contribution in [0.1, 0.15) is 48.9 Å². The van der Waals surface area contributed by atoms with Gasteiger partial charge in [0.1, 0.15) is 0 Å². The molecule has 0 aromatic heterocycles. The number of nitrogens with zero attached hydrogens (tertiary/aromatic N) is 2. The fourth-order valence-electron chi connectivity index (χ4n) is 3.60. The summed E-state index contributed by atoms with van der Waals surface area (Å²) in [6.45, 7) is 2.77. The smallest absolute Gasteiger partial charge is 0.252 e. The molecule has 0 unspecified atom stereocenters. The van der Waals surface area contributed by atoms with Gasteiger partial charge < -0.3 is 10.2 Å². The molecule has 2 amide bonds. The zero-order valence-electron chi connectivity index (χ0n) is 15.8. The van der Waals surface area contributed by atoms with E-state index in [2.05, 4.69) is 5.32 Å². The van der Waals surface area contributed by atoms with Gasteiger partial charge in [-0.25, -0.2) is 8.42 Å². The number of piperidine rings is 1. The Balaban J connectivity index is 1.62. The van der Waals surface area contributed by atoms with Crippen LogP contribution in [0.5, 0.6) is 0 Å². The zero-order valence-corrected chi connectivity index (χ0v) is 17.4. The van der Waals surface area contributed by atoms with Crippen molar-refractivity contribution in [3.05, 3.63) is 28.8 Å². The van der Waals surface area contributed by atoms with Crippen molar-refractivity contribution >= 4 is 33.4 Å². The second kappa shape index (κ2) is 9.24. The summed E-state index contributed by atoms with van der Waals surface area (Å²) in [4.78, 5) is 26.0. The molecule has 2 aliphatic rings. The molecule has 0 aliphatic carbocycles. The van der Waals surface area contributed by atoms with E-state index in [1.165, 1.54) is 22.5 Å². The van der Waals surface area contributed by atoms with Gasteiger partial charge in [-0.3, -0.25) is 9.59 Å². The summed E-state index contributed by atoms with van der Waals surface area (Å²) in [7, 11) is -3.63. The maximum atomic E-state index is 12.8. The van der Waals surface area contributed by atoms with Gasteiger partial charge in [-0.2, -0.15) is 4.31 Å². The Labute approximate surface area is 171 Å². The molecule has 1 aromatic carbocycles. The standard InChI is InChI=1S/C19H26ClN3O4S/c20-17-8-7-15(28(26,27)23-12-2-1-3-13-23)14-16(17)19(25)21-9-5-11-22-10-4-6-18(22)24/h7-8,14H,1-6,9-13H2,(H,21,25). The Kier molecular flexibility index (Phi) is 6.95. The van der Waals surface area contributed by atoms with Crippen LogP contribution < -0.4 is 5.32 Å². The highest BCUT2D eigenvalue weighted by molar-refractivity contribution is 7.89. The quantitative estimate of drug-likeness (QED) is 0.676. The molecule has 7 nitrogen and oxygen atoms in total. The van der Waals surface area contributed by atoms with Crippen molar-refractivity contribution in [2.24, 2.45) is 0 Å². The summed E-state index contributed by atoms with van der Waals surface area (Å²) in [5.41, 5.74) is 0.150. The SMILES string of the molecule is O=C(NCCCN1CCCC1=O)c1cc(S(=O)(=O)N2CCCCC2)ccc1Cl. The molecular weight excluding hydrogens is 402 g/mol. The molecule has 0 radical (unpaired) electrons. The van der Waals surface area contributed by atoms with Crippen LogP contribution in [0.25, 0.3) is 0 Å². The lowest BCUT2D eigenvalue weighted by atomic mass is 10.2. The van der Waals surface area contributed by atoms with Gasteiger partial charge in [0.2, 0.25) is 15.9 Å². The van der Waals surface area contributed by atoms with Crippen molar-refractivity contribution in [2.75, 3.05) is 32.7 Å². The second-order valence-corrected chi connectivity index (χ2v) is 9.55. The number of carbonyl (C=O) groups excluding carboxylic acids is 2. The molecule has 3 rings (SSSR count). The molecule has 1 N–H and O–H groups in total. The molecule has 2 saturated heterocycles. The average molecular weight is 428 g/mol. The normalized spacial score (nSPS) is 18.5. The molecule has 0 saturated carbocycles. The maximum absolute atomic E-state index is 12.8. The highest BCUT2D eigenvalue weighted by atomic mass is 35.5. The number of sulfonamides is 1. The molecule has 0 bridgehead atoms. The average Bonchev–Trinajstić information content (AvgIpc) is 3.10. The van der Waals surface area contributed by atoms with Crippen molar-refractivity contribution in [3.63, 3.8) is 0 Å². The predicted octanol–water partition coefficient (Wildman–Crippen LogP) is 2.26. The molecule has 0 spiro atoms. The van der Waals surface area contributed by atoms with Gasteiger partial charge in [0.25, 0.3) is 5.91 Å². The number of amides is 2. The summed E-state index contributed by atoms with van der Waals surface area (Å²) in [6, 6.07) is 4.25. The lowest BCUT2D eigenvalue weighted by molar-refractivity contribution is -0.127. The van der Waals surface area contributed by atoms with E-state index in [0.717, 1.165) is 32.2 Å². The number of likely N-dealkylation sites (tertiary alicyclic amines) is 1. The van der Waals surface area contributed by atoms with Crippen LogP contribution in [-0.2, 0) is 14.8 Å². The van der Waals surface area contributed by atoms with Crippen molar-refractivity contribution in [1.82, 2.24) is 14.5 Å². The summed E-state index contributed by atoms with van der Waals surface area (Å²) in [5.74, 6) is -0.251. The van der Waals surface area contributed by atoms with Crippen molar-refractivity contribution in [2.45, 2.75) is 43.4 Å². The van der Waals surface area contributed by atoms with Crippen LogP contribution in [-0.4, -0.2) is 62.2 Å². The first-order valence-electron chi connectivity index (χ1n) is 9.75. The number of halogens is 1. The van der Waals surface area contributed by atoms with Crippen molar-refractivity contribution in [3.8, 4) is 0 Å². The maximum Gasteiger partial charge on any atom is 0.252 e. The Hall–Kier alpha value is -1.64. The van der Waals surface area contributed by atoms with E-state index >= 15 is 0 Å². The lowest BCUT2D eigenvalue weighted by Gasteiger charge is -2.26. The van der Waals surface area contributed by atoms with Crippen LogP contribution in [0.4, 0.5) is 0 Å². The third kappa shape index (κ3) is 4.85. The predicted molar refractivity (Wildman–Crippen MR) is 107 cm³/mol. The minimum atomic E-state index is -3.63. The molecular formula is C19H26ClN3O4S. The monoisotopic (exact) mass is 427 g/mol. The molecule has 1 aromatic rings. The molecule has 2 aliphatic heterocycles. The Morgan fingerprint density at radius 1 is 1.11 bits per heavy atom. The molecule has 2 fully saturated rings. The van der Waals surface area contributed by atoms with Gasteiger partial charge in [-0.1, -0.05) is 18.0 Å². The first kappa shape index (κ1) is 21.1. The Bertz CT molecular complexity index is 838. The van der Waals surface area contributed by atoms with Crippen LogP contribution in [0.15, 0.2) is 23.1 Å². The van der Waals surface area contributed by atoms with Gasteiger partial charge in [-0.05, 0) is 43.9 Å². The molecule has 9 heteroatoms. The number of carbonyl (C=O) groups is 2. The summed E-state index contributed by atoms with van der Waals surface area (Å²) in [5, 5.41) is 2.98. The topological polar surface area (TPSA) is 86.8 Å². The Morgan fingerprint density at radius 2 is 1.86 bits per heavy atom. The van der Waals surface area contributed by atoms with Gasteiger partial charge in [0, 0.05) is 39.1 Å². The summed E-state index contributed by atoms with van der Waals surface area (Å²) >= 11 is 6.14. The largest absolute Gasteiger partial charge is 0.352 e. The summed E-state index contributed by atoms with van der Waals surface area (Å²) in [6.07, 6.45) is 4.85. The third-order valence-electron chi connectivity index (χ3n) is 5.20. The zero-order chi connectivity index (χ0) is 20.1. The van der Waals surface area contributed by atoms with E-state index in [1.807, 2.05) is 0 Å². The van der Waals surface area contributed by atoms with Crippen molar-refractivity contribution < 1.29 is 18.0 Å². The first-order chi connectivity index (χ1) is 13.4. The molecule has 2 heterocycles. The van der Waals surface area contributed by atoms with E-state index in [1.54, 1.807) is 4.90 Å².